The van der Waals surface area contributed by atoms with Gasteiger partial charge in [-0.05, 0) is 30.7 Å². The van der Waals surface area contributed by atoms with Gasteiger partial charge >= 0.3 is 0 Å². The third-order valence-corrected chi connectivity index (χ3v) is 4.88. The first-order valence-corrected chi connectivity index (χ1v) is 9.45. The van der Waals surface area contributed by atoms with E-state index in [1.165, 1.54) is 16.4 Å². The Kier molecular flexibility index (Phi) is 6.43. The van der Waals surface area contributed by atoms with Crippen LogP contribution in [0.5, 0.6) is 17.2 Å². The molecule has 0 amide bonds. The summed E-state index contributed by atoms with van der Waals surface area (Å²) < 4.78 is 17.8. The molecule has 0 aliphatic carbocycles. The third kappa shape index (κ3) is 4.65. The molecule has 0 atom stereocenters. The van der Waals surface area contributed by atoms with E-state index in [4.69, 9.17) is 20.1 Å². The average molecular weight is 386 g/mol. The monoisotopic (exact) mass is 386 g/mol. The van der Waals surface area contributed by atoms with E-state index in [0.717, 1.165) is 23.5 Å². The Labute approximate surface area is 162 Å². The summed E-state index contributed by atoms with van der Waals surface area (Å²) in [7, 11) is 3.20. The van der Waals surface area contributed by atoms with E-state index < -0.39 is 0 Å². The second-order valence-electron chi connectivity index (χ2n) is 5.61. The highest BCUT2D eigenvalue weighted by atomic mass is 32.2. The first-order chi connectivity index (χ1) is 13.2. The number of aromatic nitrogens is 3. The first kappa shape index (κ1) is 18.9. The number of hydrogen-bond acceptors (Lipinski definition) is 7. The van der Waals surface area contributed by atoms with Gasteiger partial charge in [-0.2, -0.15) is 0 Å². The molecule has 0 spiro atoms. The van der Waals surface area contributed by atoms with Crippen molar-refractivity contribution in [1.29, 1.82) is 0 Å². The fourth-order valence-electron chi connectivity index (χ4n) is 2.47. The molecule has 0 bridgehead atoms. The standard InChI is InChI=1S/C19H22N4O3S/c1-24-15-9-10-16(17(13-15)25-2)18-21-22-19(23(18)20)27-12-6-11-26-14-7-4-3-5-8-14/h3-5,7-10,13H,6,11-12,20H2,1-2H3. The molecule has 0 fully saturated rings. The molecule has 0 unspecified atom stereocenters. The first-order valence-electron chi connectivity index (χ1n) is 8.46. The average Bonchev–Trinajstić information content (AvgIpc) is 3.08. The van der Waals surface area contributed by atoms with Crippen LogP contribution in [-0.4, -0.2) is 41.5 Å². The van der Waals surface area contributed by atoms with Gasteiger partial charge in [0.15, 0.2) is 5.82 Å². The number of rotatable bonds is 9. The SMILES string of the molecule is COc1ccc(-c2nnc(SCCCOc3ccccc3)n2N)c(OC)c1. The van der Waals surface area contributed by atoms with Gasteiger partial charge in [-0.25, -0.2) is 4.68 Å². The highest BCUT2D eigenvalue weighted by Gasteiger charge is 2.16. The normalized spacial score (nSPS) is 10.6. The summed E-state index contributed by atoms with van der Waals surface area (Å²) >= 11 is 1.54. The molecular formula is C19H22N4O3S. The quantitative estimate of drug-likeness (QED) is 0.343. The smallest absolute Gasteiger partial charge is 0.210 e. The van der Waals surface area contributed by atoms with Crippen LogP contribution in [0.4, 0.5) is 0 Å². The summed E-state index contributed by atoms with van der Waals surface area (Å²) in [6, 6.07) is 15.2. The molecule has 3 aromatic rings. The Morgan fingerprint density at radius 3 is 2.56 bits per heavy atom. The van der Waals surface area contributed by atoms with E-state index in [-0.39, 0.29) is 0 Å². The molecule has 1 aromatic heterocycles. The second kappa shape index (κ2) is 9.18. The molecule has 8 heteroatoms. The number of methoxy groups -OCH3 is 2. The summed E-state index contributed by atoms with van der Waals surface area (Å²) in [5, 5.41) is 9.04. The van der Waals surface area contributed by atoms with Gasteiger partial charge in [-0.1, -0.05) is 30.0 Å². The van der Waals surface area contributed by atoms with Crippen molar-refractivity contribution in [2.24, 2.45) is 0 Å². The van der Waals surface area contributed by atoms with Crippen molar-refractivity contribution in [2.75, 3.05) is 32.4 Å². The minimum atomic E-state index is 0.539. The molecule has 0 aliphatic heterocycles. The van der Waals surface area contributed by atoms with Gasteiger partial charge in [0.25, 0.3) is 0 Å². The molecule has 0 aliphatic rings. The fourth-order valence-corrected chi connectivity index (χ4v) is 3.24. The molecule has 0 radical (unpaired) electrons. The van der Waals surface area contributed by atoms with Gasteiger partial charge in [0, 0.05) is 11.8 Å². The van der Waals surface area contributed by atoms with Crippen LogP contribution in [0.1, 0.15) is 6.42 Å². The fraction of sp³-hybridized carbons (Fsp3) is 0.263. The van der Waals surface area contributed by atoms with Crippen molar-refractivity contribution < 1.29 is 14.2 Å². The second-order valence-corrected chi connectivity index (χ2v) is 6.67. The Balaban J connectivity index is 1.59. The highest BCUT2D eigenvalue weighted by molar-refractivity contribution is 7.99. The van der Waals surface area contributed by atoms with E-state index in [1.54, 1.807) is 20.3 Å². The zero-order valence-electron chi connectivity index (χ0n) is 15.3. The van der Waals surface area contributed by atoms with Crippen molar-refractivity contribution in [2.45, 2.75) is 11.6 Å². The lowest BCUT2D eigenvalue weighted by molar-refractivity contribution is 0.318. The Hall–Kier alpha value is -2.87. The largest absolute Gasteiger partial charge is 0.497 e. The molecular weight excluding hydrogens is 364 g/mol. The molecule has 0 saturated heterocycles. The summed E-state index contributed by atoms with van der Waals surface area (Å²) in [6.07, 6.45) is 0.869. The van der Waals surface area contributed by atoms with Crippen molar-refractivity contribution in [3.8, 4) is 28.6 Å². The van der Waals surface area contributed by atoms with Crippen LogP contribution >= 0.6 is 11.8 Å². The van der Waals surface area contributed by atoms with Gasteiger partial charge in [-0.15, -0.1) is 10.2 Å². The molecule has 0 saturated carbocycles. The lowest BCUT2D eigenvalue weighted by Gasteiger charge is -2.10. The minimum Gasteiger partial charge on any atom is -0.497 e. The molecule has 142 valence electrons. The summed E-state index contributed by atoms with van der Waals surface area (Å²) in [6.45, 7) is 0.634. The van der Waals surface area contributed by atoms with E-state index in [0.29, 0.717) is 29.1 Å². The minimum absolute atomic E-state index is 0.539. The number of para-hydroxylation sites is 1. The van der Waals surface area contributed by atoms with Crippen LogP contribution in [0.3, 0.4) is 0 Å². The Morgan fingerprint density at radius 1 is 1.00 bits per heavy atom. The van der Waals surface area contributed by atoms with Crippen LogP contribution in [0.15, 0.2) is 53.7 Å². The predicted molar refractivity (Wildman–Crippen MR) is 106 cm³/mol. The number of nitrogens with two attached hydrogens (primary N) is 1. The van der Waals surface area contributed by atoms with E-state index in [1.807, 2.05) is 42.5 Å². The van der Waals surface area contributed by atoms with Gasteiger partial charge < -0.3 is 20.1 Å². The molecule has 3 rings (SSSR count). The van der Waals surface area contributed by atoms with E-state index in [2.05, 4.69) is 10.2 Å². The zero-order valence-corrected chi connectivity index (χ0v) is 16.1. The lowest BCUT2D eigenvalue weighted by Crippen LogP contribution is -2.12. The topological polar surface area (TPSA) is 84.4 Å². The molecule has 7 nitrogen and oxygen atoms in total. The van der Waals surface area contributed by atoms with Crippen LogP contribution in [0.2, 0.25) is 0 Å². The number of nitrogen functional groups attached to an aromatic ring is 1. The van der Waals surface area contributed by atoms with Gasteiger partial charge in [0.05, 0.1) is 26.4 Å². The van der Waals surface area contributed by atoms with Crippen LogP contribution in [0, 0.1) is 0 Å². The number of nitrogens with zero attached hydrogens (tertiary/aromatic N) is 3. The summed E-state index contributed by atoms with van der Waals surface area (Å²) in [4.78, 5) is 0. The van der Waals surface area contributed by atoms with E-state index >= 15 is 0 Å². The number of ether oxygens (including phenoxy) is 3. The van der Waals surface area contributed by atoms with Crippen molar-refractivity contribution in [1.82, 2.24) is 14.9 Å². The molecule has 2 aromatic carbocycles. The third-order valence-electron chi connectivity index (χ3n) is 3.85. The molecule has 27 heavy (non-hydrogen) atoms. The summed E-state index contributed by atoms with van der Waals surface area (Å²) in [5.74, 6) is 9.75. The summed E-state index contributed by atoms with van der Waals surface area (Å²) in [5.41, 5.74) is 0.757. The number of hydrogen-bond donors (Lipinski definition) is 1. The lowest BCUT2D eigenvalue weighted by atomic mass is 10.2. The van der Waals surface area contributed by atoms with Crippen molar-refractivity contribution in [3.63, 3.8) is 0 Å². The molecule has 1 heterocycles. The van der Waals surface area contributed by atoms with Gasteiger partial charge in [0.1, 0.15) is 17.2 Å². The van der Waals surface area contributed by atoms with Crippen LogP contribution in [0.25, 0.3) is 11.4 Å². The maximum absolute atomic E-state index is 6.19. The van der Waals surface area contributed by atoms with Crippen LogP contribution < -0.4 is 20.1 Å². The van der Waals surface area contributed by atoms with Crippen molar-refractivity contribution in [3.05, 3.63) is 48.5 Å². The molecule has 2 N–H and O–H groups in total. The van der Waals surface area contributed by atoms with Crippen molar-refractivity contribution >= 4 is 11.8 Å². The maximum Gasteiger partial charge on any atom is 0.210 e. The van der Waals surface area contributed by atoms with E-state index in [9.17, 15) is 0 Å². The van der Waals surface area contributed by atoms with Gasteiger partial charge in [0.2, 0.25) is 5.16 Å². The zero-order chi connectivity index (χ0) is 19.1. The predicted octanol–water partition coefficient (Wildman–Crippen LogP) is 3.24. The highest BCUT2D eigenvalue weighted by Crippen LogP contribution is 2.33. The van der Waals surface area contributed by atoms with Gasteiger partial charge in [-0.3, -0.25) is 0 Å². The Bertz CT molecular complexity index is 871. The van der Waals surface area contributed by atoms with Crippen LogP contribution in [-0.2, 0) is 0 Å². The number of benzene rings is 2. The maximum atomic E-state index is 6.19. The number of thioether (sulfide) groups is 1. The Morgan fingerprint density at radius 2 is 1.81 bits per heavy atom.